The maximum atomic E-state index is 5.96. The molecule has 2 N–H and O–H groups in total. The summed E-state index contributed by atoms with van der Waals surface area (Å²) in [5.41, 5.74) is 6.22. The van der Waals surface area contributed by atoms with Gasteiger partial charge in [0.15, 0.2) is 5.75 Å². The van der Waals surface area contributed by atoms with Crippen LogP contribution in [0.2, 0.25) is 10.0 Å². The van der Waals surface area contributed by atoms with Crippen LogP contribution in [-0.4, -0.2) is 4.98 Å². The fourth-order valence-electron chi connectivity index (χ4n) is 1.15. The zero-order valence-corrected chi connectivity index (χ0v) is 9.66. The molecule has 0 unspecified atom stereocenters. The molecule has 1 heterocycles. The Kier molecular flexibility index (Phi) is 3.17. The van der Waals surface area contributed by atoms with Crippen molar-refractivity contribution < 1.29 is 4.74 Å². The average molecular weight is 255 g/mol. The van der Waals surface area contributed by atoms with Crippen molar-refractivity contribution in [3.63, 3.8) is 0 Å². The van der Waals surface area contributed by atoms with Gasteiger partial charge in [-0.05, 0) is 24.3 Å². The van der Waals surface area contributed by atoms with E-state index < -0.39 is 0 Å². The predicted octanol–water partition coefficient (Wildman–Crippen LogP) is 3.76. The van der Waals surface area contributed by atoms with E-state index in [9.17, 15) is 0 Å². The predicted molar refractivity (Wildman–Crippen MR) is 65.2 cm³/mol. The third-order valence-electron chi connectivity index (χ3n) is 1.93. The van der Waals surface area contributed by atoms with Gasteiger partial charge in [-0.15, -0.1) is 0 Å². The molecule has 0 bridgehead atoms. The van der Waals surface area contributed by atoms with Crippen molar-refractivity contribution >= 4 is 28.9 Å². The first-order valence-electron chi connectivity index (χ1n) is 4.49. The fraction of sp³-hybridized carbons (Fsp3) is 0. The molecule has 0 aliphatic carbocycles. The van der Waals surface area contributed by atoms with E-state index in [1.807, 2.05) is 0 Å². The number of hydrogen-bond acceptors (Lipinski definition) is 3. The molecule has 1 aromatic carbocycles. The topological polar surface area (TPSA) is 48.1 Å². The van der Waals surface area contributed by atoms with Gasteiger partial charge >= 0.3 is 0 Å². The van der Waals surface area contributed by atoms with E-state index in [1.165, 1.54) is 6.20 Å². The lowest BCUT2D eigenvalue weighted by molar-refractivity contribution is 0.483. The number of nitrogen functional groups attached to an aromatic ring is 1. The lowest BCUT2D eigenvalue weighted by atomic mass is 10.3. The third-order valence-corrected chi connectivity index (χ3v) is 2.46. The smallest absolute Gasteiger partial charge is 0.168 e. The summed E-state index contributed by atoms with van der Waals surface area (Å²) in [6.07, 6.45) is 3.12. The zero-order chi connectivity index (χ0) is 11.5. The molecule has 0 saturated heterocycles. The maximum Gasteiger partial charge on any atom is 0.168 e. The number of nitrogens with two attached hydrogens (primary N) is 1. The van der Waals surface area contributed by atoms with E-state index >= 15 is 0 Å². The molecule has 2 rings (SSSR count). The molecule has 0 amide bonds. The van der Waals surface area contributed by atoms with Crippen LogP contribution in [-0.2, 0) is 0 Å². The number of halogens is 2. The number of rotatable bonds is 2. The van der Waals surface area contributed by atoms with Crippen LogP contribution in [0.25, 0.3) is 0 Å². The van der Waals surface area contributed by atoms with Crippen LogP contribution in [0.1, 0.15) is 0 Å². The Morgan fingerprint density at radius 2 is 1.94 bits per heavy atom. The second-order valence-corrected chi connectivity index (χ2v) is 3.93. The number of benzene rings is 1. The minimum atomic E-state index is 0.427. The highest BCUT2D eigenvalue weighted by Crippen LogP contribution is 2.33. The molecule has 16 heavy (non-hydrogen) atoms. The van der Waals surface area contributed by atoms with Gasteiger partial charge in [0.2, 0.25) is 0 Å². The van der Waals surface area contributed by atoms with E-state index in [-0.39, 0.29) is 0 Å². The molecule has 82 valence electrons. The fourth-order valence-corrected chi connectivity index (χ4v) is 1.60. The van der Waals surface area contributed by atoms with Crippen LogP contribution in [0.3, 0.4) is 0 Å². The number of aromatic nitrogens is 1. The van der Waals surface area contributed by atoms with Crippen molar-refractivity contribution in [2.75, 3.05) is 5.73 Å². The minimum Gasteiger partial charge on any atom is -0.452 e. The maximum absolute atomic E-state index is 5.96. The Hall–Kier alpha value is -1.45. The Balaban J connectivity index is 2.31. The van der Waals surface area contributed by atoms with Gasteiger partial charge in [0.1, 0.15) is 5.75 Å². The van der Waals surface area contributed by atoms with Crippen molar-refractivity contribution in [3.05, 3.63) is 46.7 Å². The summed E-state index contributed by atoms with van der Waals surface area (Å²) in [4.78, 5) is 3.91. The average Bonchev–Trinajstić information content (AvgIpc) is 2.25. The Labute approximate surface area is 103 Å². The SMILES string of the molecule is Nc1ccncc1Oc1ccc(Cl)cc1Cl. The standard InChI is InChI=1S/C11H8Cl2N2O/c12-7-1-2-10(8(13)5-7)16-11-6-15-4-3-9(11)14/h1-6H,(H2,14,15). The van der Waals surface area contributed by atoms with E-state index in [0.29, 0.717) is 27.2 Å². The van der Waals surface area contributed by atoms with Gasteiger partial charge < -0.3 is 10.5 Å². The van der Waals surface area contributed by atoms with Crippen LogP contribution >= 0.6 is 23.2 Å². The van der Waals surface area contributed by atoms with Crippen LogP contribution in [0, 0.1) is 0 Å². The Bertz CT molecular complexity index is 517. The van der Waals surface area contributed by atoms with Gasteiger partial charge in [-0.25, -0.2) is 0 Å². The highest BCUT2D eigenvalue weighted by molar-refractivity contribution is 6.35. The highest BCUT2D eigenvalue weighted by Gasteiger charge is 2.06. The quantitative estimate of drug-likeness (QED) is 0.888. The molecule has 0 atom stereocenters. The van der Waals surface area contributed by atoms with E-state index in [0.717, 1.165) is 0 Å². The highest BCUT2D eigenvalue weighted by atomic mass is 35.5. The summed E-state index contributed by atoms with van der Waals surface area (Å²) in [5.74, 6) is 0.956. The summed E-state index contributed by atoms with van der Waals surface area (Å²) in [6, 6.07) is 6.62. The van der Waals surface area contributed by atoms with E-state index in [2.05, 4.69) is 4.98 Å². The Morgan fingerprint density at radius 1 is 1.12 bits per heavy atom. The molecular weight excluding hydrogens is 247 g/mol. The Morgan fingerprint density at radius 3 is 2.62 bits per heavy atom. The third kappa shape index (κ3) is 2.38. The number of nitrogens with zero attached hydrogens (tertiary/aromatic N) is 1. The van der Waals surface area contributed by atoms with Crippen LogP contribution in [0.15, 0.2) is 36.7 Å². The summed E-state index contributed by atoms with van der Waals surface area (Å²) in [5, 5.41) is 0.979. The molecule has 0 radical (unpaired) electrons. The number of ether oxygens (including phenoxy) is 1. The number of hydrogen-bond donors (Lipinski definition) is 1. The monoisotopic (exact) mass is 254 g/mol. The molecule has 5 heteroatoms. The first-order valence-corrected chi connectivity index (χ1v) is 5.25. The lowest BCUT2D eigenvalue weighted by Crippen LogP contribution is -1.92. The molecule has 0 aliphatic heterocycles. The van der Waals surface area contributed by atoms with Crippen LogP contribution in [0.4, 0.5) is 5.69 Å². The first-order chi connectivity index (χ1) is 7.66. The van der Waals surface area contributed by atoms with E-state index in [4.69, 9.17) is 33.7 Å². The molecule has 3 nitrogen and oxygen atoms in total. The normalized spacial score (nSPS) is 10.1. The van der Waals surface area contributed by atoms with Crippen LogP contribution < -0.4 is 10.5 Å². The molecular formula is C11H8Cl2N2O. The molecule has 1 aromatic heterocycles. The zero-order valence-electron chi connectivity index (χ0n) is 8.15. The summed E-state index contributed by atoms with van der Waals surface area (Å²) >= 11 is 11.7. The summed E-state index contributed by atoms with van der Waals surface area (Å²) < 4.78 is 5.52. The van der Waals surface area contributed by atoms with Gasteiger partial charge in [0.25, 0.3) is 0 Å². The second-order valence-electron chi connectivity index (χ2n) is 3.09. The van der Waals surface area contributed by atoms with Crippen LogP contribution in [0.5, 0.6) is 11.5 Å². The van der Waals surface area contributed by atoms with Gasteiger partial charge in [0.05, 0.1) is 16.9 Å². The summed E-state index contributed by atoms with van der Waals surface area (Å²) in [7, 11) is 0. The van der Waals surface area contributed by atoms with E-state index in [1.54, 1.807) is 30.5 Å². The van der Waals surface area contributed by atoms with Gasteiger partial charge in [0, 0.05) is 11.2 Å². The molecule has 2 aromatic rings. The molecule has 0 saturated carbocycles. The summed E-state index contributed by atoms with van der Waals surface area (Å²) in [6.45, 7) is 0. The van der Waals surface area contributed by atoms with Crippen molar-refractivity contribution in [1.82, 2.24) is 4.98 Å². The van der Waals surface area contributed by atoms with Crippen molar-refractivity contribution in [1.29, 1.82) is 0 Å². The van der Waals surface area contributed by atoms with Crippen molar-refractivity contribution in [3.8, 4) is 11.5 Å². The number of anilines is 1. The van der Waals surface area contributed by atoms with Gasteiger partial charge in [-0.1, -0.05) is 23.2 Å². The molecule has 0 aliphatic rings. The molecule has 0 spiro atoms. The largest absolute Gasteiger partial charge is 0.452 e. The number of pyridine rings is 1. The molecule has 0 fully saturated rings. The lowest BCUT2D eigenvalue weighted by Gasteiger charge is -2.08. The van der Waals surface area contributed by atoms with Crippen molar-refractivity contribution in [2.45, 2.75) is 0 Å². The second kappa shape index (κ2) is 4.60. The van der Waals surface area contributed by atoms with Crippen molar-refractivity contribution in [2.24, 2.45) is 0 Å². The van der Waals surface area contributed by atoms with Gasteiger partial charge in [-0.3, -0.25) is 4.98 Å². The van der Waals surface area contributed by atoms with Gasteiger partial charge in [-0.2, -0.15) is 0 Å². The first kappa shape index (κ1) is 11.0. The minimum absolute atomic E-state index is 0.427.